The Balaban J connectivity index is 1.25. The standard InChI is InChI=1S/C22H23N7O2/c1-2-29-19-7-6-16(13-18(19)24-25-29)22(31)27-11-9-26(10-12-27)15-17-14-21(30)28-8-4-3-5-20(28)23-17/h3-8,13-14H,2,9-12,15H2,1H3. The Morgan fingerprint density at radius 2 is 1.90 bits per heavy atom. The minimum absolute atomic E-state index is 0.00896. The third-order valence-electron chi connectivity index (χ3n) is 5.73. The van der Waals surface area contributed by atoms with E-state index in [4.69, 9.17) is 0 Å². The van der Waals surface area contributed by atoms with Gasteiger partial charge < -0.3 is 4.90 Å². The zero-order valence-electron chi connectivity index (χ0n) is 17.3. The van der Waals surface area contributed by atoms with Gasteiger partial charge in [-0.1, -0.05) is 11.3 Å². The lowest BCUT2D eigenvalue weighted by molar-refractivity contribution is 0.0627. The van der Waals surface area contributed by atoms with Crippen LogP contribution in [-0.4, -0.2) is 66.3 Å². The van der Waals surface area contributed by atoms with E-state index in [9.17, 15) is 9.59 Å². The van der Waals surface area contributed by atoms with Crippen LogP contribution in [0.3, 0.4) is 0 Å². The molecule has 1 saturated heterocycles. The second-order valence-corrected chi connectivity index (χ2v) is 7.69. The summed E-state index contributed by atoms with van der Waals surface area (Å²) in [6, 6.07) is 12.7. The van der Waals surface area contributed by atoms with Crippen molar-refractivity contribution in [3.8, 4) is 0 Å². The highest BCUT2D eigenvalue weighted by molar-refractivity contribution is 5.97. The number of hydrogen-bond donors (Lipinski definition) is 0. The van der Waals surface area contributed by atoms with Crippen LogP contribution in [0.4, 0.5) is 0 Å². The van der Waals surface area contributed by atoms with Gasteiger partial charge in [0.2, 0.25) is 0 Å². The molecule has 0 bridgehead atoms. The Hall–Kier alpha value is -3.59. The number of nitrogens with zero attached hydrogens (tertiary/aromatic N) is 7. The number of carbonyl (C=O) groups excluding carboxylic acids is 1. The summed E-state index contributed by atoms with van der Waals surface area (Å²) in [6.45, 7) is 6.07. The highest BCUT2D eigenvalue weighted by Gasteiger charge is 2.23. The second kappa shape index (κ2) is 7.92. The average molecular weight is 417 g/mol. The third kappa shape index (κ3) is 3.68. The number of amides is 1. The van der Waals surface area contributed by atoms with Gasteiger partial charge in [0, 0.05) is 57.1 Å². The van der Waals surface area contributed by atoms with Crippen LogP contribution in [0.1, 0.15) is 23.0 Å². The molecule has 158 valence electrons. The number of hydrogen-bond acceptors (Lipinski definition) is 6. The van der Waals surface area contributed by atoms with E-state index in [-0.39, 0.29) is 11.5 Å². The van der Waals surface area contributed by atoms with Gasteiger partial charge >= 0.3 is 0 Å². The van der Waals surface area contributed by atoms with Crippen molar-refractivity contribution in [3.63, 3.8) is 0 Å². The maximum Gasteiger partial charge on any atom is 0.258 e. The van der Waals surface area contributed by atoms with Gasteiger partial charge in [0.25, 0.3) is 11.5 Å². The predicted molar refractivity (Wildman–Crippen MR) is 116 cm³/mol. The summed E-state index contributed by atoms with van der Waals surface area (Å²) in [7, 11) is 0. The molecule has 4 heterocycles. The highest BCUT2D eigenvalue weighted by atomic mass is 16.2. The lowest BCUT2D eigenvalue weighted by Gasteiger charge is -2.34. The van der Waals surface area contributed by atoms with Crippen molar-refractivity contribution in [3.05, 3.63) is 70.3 Å². The molecule has 1 amide bonds. The Kier molecular flexibility index (Phi) is 4.95. The molecular formula is C22H23N7O2. The van der Waals surface area contributed by atoms with Crippen molar-refractivity contribution in [1.29, 1.82) is 0 Å². The number of aromatic nitrogens is 5. The van der Waals surface area contributed by atoms with Gasteiger partial charge in [0.1, 0.15) is 11.2 Å². The Morgan fingerprint density at radius 3 is 2.71 bits per heavy atom. The first-order valence-corrected chi connectivity index (χ1v) is 10.4. The van der Waals surface area contributed by atoms with Crippen LogP contribution in [0.15, 0.2) is 53.5 Å². The molecule has 9 heteroatoms. The van der Waals surface area contributed by atoms with Gasteiger partial charge in [0.15, 0.2) is 0 Å². The fourth-order valence-electron chi connectivity index (χ4n) is 4.04. The molecule has 1 aliphatic heterocycles. The molecule has 0 radical (unpaired) electrons. The number of carbonyl (C=O) groups is 1. The van der Waals surface area contributed by atoms with Crippen LogP contribution in [0, 0.1) is 0 Å². The minimum Gasteiger partial charge on any atom is -0.336 e. The molecule has 3 aromatic heterocycles. The number of piperazine rings is 1. The molecular weight excluding hydrogens is 394 g/mol. The number of fused-ring (bicyclic) bond motifs is 2. The fraction of sp³-hybridized carbons (Fsp3) is 0.318. The largest absolute Gasteiger partial charge is 0.336 e. The Labute approximate surface area is 178 Å². The molecule has 9 nitrogen and oxygen atoms in total. The van der Waals surface area contributed by atoms with E-state index in [0.717, 1.165) is 36.4 Å². The average Bonchev–Trinajstić information content (AvgIpc) is 3.21. The normalized spacial score (nSPS) is 15.1. The molecule has 1 aromatic carbocycles. The molecule has 5 rings (SSSR count). The van der Waals surface area contributed by atoms with E-state index in [1.165, 1.54) is 4.40 Å². The summed E-state index contributed by atoms with van der Waals surface area (Å²) in [5, 5.41) is 8.27. The summed E-state index contributed by atoms with van der Waals surface area (Å²) in [5.74, 6) is 0.00896. The van der Waals surface area contributed by atoms with Crippen molar-refractivity contribution in [2.75, 3.05) is 26.2 Å². The lowest BCUT2D eigenvalue weighted by Crippen LogP contribution is -2.48. The molecule has 0 aliphatic carbocycles. The van der Waals surface area contributed by atoms with Gasteiger partial charge in [0.05, 0.1) is 11.2 Å². The van der Waals surface area contributed by atoms with Crippen LogP contribution in [0.5, 0.6) is 0 Å². The number of benzene rings is 1. The van der Waals surface area contributed by atoms with E-state index in [0.29, 0.717) is 30.8 Å². The first-order chi connectivity index (χ1) is 15.1. The molecule has 0 N–H and O–H groups in total. The molecule has 0 atom stereocenters. The van der Waals surface area contributed by atoms with E-state index in [1.807, 2.05) is 52.9 Å². The van der Waals surface area contributed by atoms with Crippen molar-refractivity contribution < 1.29 is 4.79 Å². The van der Waals surface area contributed by atoms with Gasteiger partial charge in [-0.05, 0) is 37.3 Å². The summed E-state index contributed by atoms with van der Waals surface area (Å²) in [6.07, 6.45) is 1.72. The smallest absolute Gasteiger partial charge is 0.258 e. The third-order valence-corrected chi connectivity index (χ3v) is 5.73. The SMILES string of the molecule is CCn1nnc2cc(C(=O)N3CCN(Cc4cc(=O)n5ccccc5n4)CC3)ccc21. The van der Waals surface area contributed by atoms with E-state index in [1.54, 1.807) is 12.3 Å². The highest BCUT2D eigenvalue weighted by Crippen LogP contribution is 2.16. The number of pyridine rings is 1. The monoisotopic (exact) mass is 417 g/mol. The van der Waals surface area contributed by atoms with Gasteiger partial charge in [-0.25, -0.2) is 9.67 Å². The van der Waals surface area contributed by atoms with Crippen LogP contribution >= 0.6 is 0 Å². The molecule has 0 spiro atoms. The van der Waals surface area contributed by atoms with Crippen molar-refractivity contribution >= 4 is 22.6 Å². The summed E-state index contributed by atoms with van der Waals surface area (Å²) in [5.41, 5.74) is 3.62. The summed E-state index contributed by atoms with van der Waals surface area (Å²) < 4.78 is 3.35. The topological polar surface area (TPSA) is 88.6 Å². The van der Waals surface area contributed by atoms with E-state index < -0.39 is 0 Å². The molecule has 1 fully saturated rings. The number of aryl methyl sites for hydroxylation is 1. The summed E-state index contributed by atoms with van der Waals surface area (Å²) >= 11 is 0. The minimum atomic E-state index is -0.0789. The van der Waals surface area contributed by atoms with E-state index >= 15 is 0 Å². The molecule has 31 heavy (non-hydrogen) atoms. The zero-order chi connectivity index (χ0) is 21.4. The van der Waals surface area contributed by atoms with Gasteiger partial charge in [-0.2, -0.15) is 0 Å². The predicted octanol–water partition coefficient (Wildman–Crippen LogP) is 1.42. The molecule has 0 saturated carbocycles. The summed E-state index contributed by atoms with van der Waals surface area (Å²) in [4.78, 5) is 34.0. The van der Waals surface area contributed by atoms with Crippen molar-refractivity contribution in [1.82, 2.24) is 34.2 Å². The molecule has 0 unspecified atom stereocenters. The maximum absolute atomic E-state index is 13.0. The van der Waals surface area contributed by atoms with Gasteiger partial charge in [-0.15, -0.1) is 5.10 Å². The zero-order valence-corrected chi connectivity index (χ0v) is 17.3. The first-order valence-electron chi connectivity index (χ1n) is 10.4. The number of rotatable bonds is 4. The van der Waals surface area contributed by atoms with Crippen molar-refractivity contribution in [2.45, 2.75) is 20.0 Å². The lowest BCUT2D eigenvalue weighted by atomic mass is 10.1. The van der Waals surface area contributed by atoms with Crippen LogP contribution in [0.2, 0.25) is 0 Å². The Bertz CT molecular complexity index is 1320. The molecule has 1 aliphatic rings. The van der Waals surface area contributed by atoms with Crippen molar-refractivity contribution in [2.24, 2.45) is 0 Å². The quantitative estimate of drug-likeness (QED) is 0.499. The molecule has 4 aromatic rings. The van der Waals surface area contributed by atoms with Crippen LogP contribution in [-0.2, 0) is 13.1 Å². The second-order valence-electron chi connectivity index (χ2n) is 7.69. The first kappa shape index (κ1) is 19.4. The Morgan fingerprint density at radius 1 is 1.06 bits per heavy atom. The van der Waals surface area contributed by atoms with E-state index in [2.05, 4.69) is 20.2 Å². The fourth-order valence-corrected chi connectivity index (χ4v) is 4.04. The van der Waals surface area contributed by atoms with Gasteiger partial charge in [-0.3, -0.25) is 18.9 Å². The van der Waals surface area contributed by atoms with Crippen LogP contribution < -0.4 is 5.56 Å². The van der Waals surface area contributed by atoms with Crippen LogP contribution in [0.25, 0.3) is 16.7 Å². The maximum atomic E-state index is 13.0.